The minimum Gasteiger partial charge on any atom is -0.404 e. The smallest absolute Gasteiger partial charge is 0.389 e. The molecule has 1 aliphatic rings. The van der Waals surface area contributed by atoms with Crippen molar-refractivity contribution < 1.29 is 23.1 Å². The normalized spacial score (nSPS) is 17.9. The van der Waals surface area contributed by atoms with Gasteiger partial charge in [-0.15, -0.1) is 0 Å². The van der Waals surface area contributed by atoms with Gasteiger partial charge >= 0.3 is 6.18 Å². The van der Waals surface area contributed by atoms with Crippen molar-refractivity contribution in [3.63, 3.8) is 0 Å². The molecule has 0 fully saturated rings. The van der Waals surface area contributed by atoms with Crippen LogP contribution in [0.15, 0.2) is 66.7 Å². The first-order valence-corrected chi connectivity index (χ1v) is 10.0. The molecule has 31 heavy (non-hydrogen) atoms. The van der Waals surface area contributed by atoms with Crippen LogP contribution in [0.4, 0.5) is 13.2 Å². The Morgan fingerprint density at radius 2 is 2.06 bits per heavy atom. The van der Waals surface area contributed by atoms with Crippen LogP contribution in [0, 0.1) is 0 Å². The maximum absolute atomic E-state index is 12.5. The van der Waals surface area contributed by atoms with E-state index >= 15 is 0 Å². The Morgan fingerprint density at radius 1 is 1.35 bits per heavy atom. The molecule has 0 saturated carbocycles. The highest BCUT2D eigenvalue weighted by Crippen LogP contribution is 2.31. The molecule has 5 nitrogen and oxygen atoms in total. The first-order valence-electron chi connectivity index (χ1n) is 10.0. The maximum atomic E-state index is 12.5. The molecule has 0 radical (unpaired) electrons. The lowest BCUT2D eigenvalue weighted by Crippen LogP contribution is -2.33. The van der Waals surface area contributed by atoms with E-state index in [2.05, 4.69) is 10.6 Å². The van der Waals surface area contributed by atoms with Crippen molar-refractivity contribution in [2.45, 2.75) is 44.5 Å². The highest BCUT2D eigenvalue weighted by atomic mass is 19.4. The van der Waals surface area contributed by atoms with Gasteiger partial charge in [0.1, 0.15) is 0 Å². The van der Waals surface area contributed by atoms with E-state index in [0.717, 1.165) is 5.57 Å². The SMILES string of the molecule is CC=CC(=O)C/C(=C/NC/C(=C/N)c1ccccc1C(O)CCC(F)(F)F)C1C=CN1. The standard InChI is InChI=1S/C23H28F3N3O2/c1-2-5-18(30)12-16(21-9-11-29-21)14-28-15-17(13-27)19-6-3-4-7-20(19)22(31)8-10-23(24,25)26/h2-7,9,11,13-14,21-22,28-29,31H,8,10,12,15,27H2,1H3/b5-2?,16-14-,17-13-. The van der Waals surface area contributed by atoms with Crippen molar-refractivity contribution in [1.29, 1.82) is 0 Å². The lowest BCUT2D eigenvalue weighted by molar-refractivity contribution is -0.140. The van der Waals surface area contributed by atoms with Gasteiger partial charge in [0, 0.05) is 19.4 Å². The monoisotopic (exact) mass is 435 g/mol. The van der Waals surface area contributed by atoms with E-state index in [1.807, 2.05) is 6.08 Å². The Labute approximate surface area is 180 Å². The third-order valence-corrected chi connectivity index (χ3v) is 4.84. The molecule has 8 heteroatoms. The molecule has 1 aromatic rings. The van der Waals surface area contributed by atoms with Crippen LogP contribution in [0.25, 0.3) is 5.57 Å². The van der Waals surface area contributed by atoms with Crippen LogP contribution in [0.1, 0.15) is 43.4 Å². The molecule has 1 heterocycles. The van der Waals surface area contributed by atoms with Gasteiger partial charge in [-0.2, -0.15) is 13.2 Å². The fourth-order valence-electron chi connectivity index (χ4n) is 3.19. The number of ketones is 1. The predicted octanol–water partition coefficient (Wildman–Crippen LogP) is 3.86. The quantitative estimate of drug-likeness (QED) is 0.397. The number of aliphatic hydroxyl groups is 1. The number of halogens is 3. The molecule has 0 bridgehead atoms. The van der Waals surface area contributed by atoms with Crippen molar-refractivity contribution >= 4 is 11.4 Å². The molecule has 2 atom stereocenters. The second-order valence-corrected chi connectivity index (χ2v) is 7.20. The van der Waals surface area contributed by atoms with Crippen molar-refractivity contribution in [2.24, 2.45) is 5.73 Å². The Kier molecular flexibility index (Phi) is 8.93. The van der Waals surface area contributed by atoms with Crippen molar-refractivity contribution in [2.75, 3.05) is 6.54 Å². The van der Waals surface area contributed by atoms with Gasteiger partial charge in [0.05, 0.1) is 12.1 Å². The Hall–Kier alpha value is -3.00. The fraction of sp³-hybridized carbons (Fsp3) is 0.348. The molecule has 0 amide bonds. The zero-order valence-corrected chi connectivity index (χ0v) is 17.3. The fourth-order valence-corrected chi connectivity index (χ4v) is 3.19. The van der Waals surface area contributed by atoms with Gasteiger partial charge in [0.2, 0.25) is 0 Å². The van der Waals surface area contributed by atoms with Crippen molar-refractivity contribution in [3.8, 4) is 0 Å². The molecule has 2 rings (SSSR count). The van der Waals surface area contributed by atoms with Crippen LogP contribution in [-0.4, -0.2) is 29.7 Å². The summed E-state index contributed by atoms with van der Waals surface area (Å²) >= 11 is 0. The predicted molar refractivity (Wildman–Crippen MR) is 115 cm³/mol. The lowest BCUT2D eigenvalue weighted by Gasteiger charge is -2.24. The number of aliphatic hydroxyl groups excluding tert-OH is 1. The van der Waals surface area contributed by atoms with Crippen LogP contribution in [0.3, 0.4) is 0 Å². The molecule has 5 N–H and O–H groups in total. The average molecular weight is 435 g/mol. The summed E-state index contributed by atoms with van der Waals surface area (Å²) in [6, 6.07) is 6.67. The molecule has 0 saturated heterocycles. The summed E-state index contributed by atoms with van der Waals surface area (Å²) in [5, 5.41) is 16.6. The van der Waals surface area contributed by atoms with Crippen LogP contribution >= 0.6 is 0 Å². The first kappa shape index (κ1) is 24.3. The van der Waals surface area contributed by atoms with E-state index in [0.29, 0.717) is 16.7 Å². The first-order chi connectivity index (χ1) is 14.7. The summed E-state index contributed by atoms with van der Waals surface area (Å²) in [4.78, 5) is 12.0. The highest BCUT2D eigenvalue weighted by molar-refractivity contribution is 5.91. The summed E-state index contributed by atoms with van der Waals surface area (Å²) in [6.07, 6.45) is 3.18. The molecule has 0 spiro atoms. The average Bonchev–Trinajstić information content (AvgIpc) is 2.67. The molecule has 1 aromatic carbocycles. The lowest BCUT2D eigenvalue weighted by atomic mass is 9.94. The summed E-state index contributed by atoms with van der Waals surface area (Å²) in [7, 11) is 0. The zero-order valence-electron chi connectivity index (χ0n) is 17.3. The Morgan fingerprint density at radius 3 is 2.65 bits per heavy atom. The second kappa shape index (κ2) is 11.4. The van der Waals surface area contributed by atoms with E-state index < -0.39 is 25.1 Å². The number of nitrogens with one attached hydrogen (secondary N) is 2. The summed E-state index contributed by atoms with van der Waals surface area (Å²) in [5.41, 5.74) is 8.22. The van der Waals surface area contributed by atoms with Gasteiger partial charge in [-0.05, 0) is 66.4 Å². The molecule has 1 aliphatic heterocycles. The van der Waals surface area contributed by atoms with Gasteiger partial charge in [-0.1, -0.05) is 30.3 Å². The van der Waals surface area contributed by atoms with Crippen LogP contribution < -0.4 is 16.4 Å². The largest absolute Gasteiger partial charge is 0.404 e. The van der Waals surface area contributed by atoms with Crippen LogP contribution in [0.5, 0.6) is 0 Å². The van der Waals surface area contributed by atoms with Crippen molar-refractivity contribution in [1.82, 2.24) is 10.6 Å². The minimum absolute atomic E-state index is 0.0228. The highest BCUT2D eigenvalue weighted by Gasteiger charge is 2.29. The molecular formula is C23H28F3N3O2. The van der Waals surface area contributed by atoms with E-state index in [9.17, 15) is 23.1 Å². The number of benzene rings is 1. The number of rotatable bonds is 11. The van der Waals surface area contributed by atoms with E-state index in [1.54, 1.807) is 49.7 Å². The summed E-state index contributed by atoms with van der Waals surface area (Å²) < 4.78 is 37.6. The number of nitrogens with two attached hydrogens (primary N) is 1. The number of carbonyl (C=O) groups is 1. The summed E-state index contributed by atoms with van der Waals surface area (Å²) in [5.74, 6) is -0.0228. The summed E-state index contributed by atoms with van der Waals surface area (Å²) in [6.45, 7) is 2.05. The van der Waals surface area contributed by atoms with Gasteiger partial charge in [-0.25, -0.2) is 0 Å². The van der Waals surface area contributed by atoms with Crippen LogP contribution in [0.2, 0.25) is 0 Å². The number of alkyl halides is 3. The molecule has 168 valence electrons. The van der Waals surface area contributed by atoms with Crippen molar-refractivity contribution in [3.05, 3.63) is 77.8 Å². The zero-order chi connectivity index (χ0) is 22.9. The van der Waals surface area contributed by atoms with Gasteiger partial charge in [0.15, 0.2) is 5.78 Å². The Bertz CT molecular complexity index is 873. The van der Waals surface area contributed by atoms with Gasteiger partial charge in [0.25, 0.3) is 0 Å². The molecule has 0 aliphatic carbocycles. The number of hydrogen-bond acceptors (Lipinski definition) is 5. The number of carbonyl (C=O) groups excluding carboxylic acids is 1. The number of allylic oxidation sites excluding steroid dienone is 2. The Balaban J connectivity index is 2.11. The van der Waals surface area contributed by atoms with E-state index in [4.69, 9.17) is 5.73 Å². The van der Waals surface area contributed by atoms with Gasteiger partial charge < -0.3 is 21.5 Å². The maximum Gasteiger partial charge on any atom is 0.389 e. The third kappa shape index (κ3) is 7.64. The van der Waals surface area contributed by atoms with Gasteiger partial charge in [-0.3, -0.25) is 4.79 Å². The van der Waals surface area contributed by atoms with E-state index in [-0.39, 0.29) is 24.8 Å². The molecule has 2 unspecified atom stereocenters. The van der Waals surface area contributed by atoms with Crippen LogP contribution in [-0.2, 0) is 4.79 Å². The molecular weight excluding hydrogens is 407 g/mol. The minimum atomic E-state index is -4.33. The topological polar surface area (TPSA) is 87.4 Å². The van der Waals surface area contributed by atoms with E-state index in [1.165, 1.54) is 12.3 Å². The second-order valence-electron chi connectivity index (χ2n) is 7.20. The molecule has 0 aromatic heterocycles. The third-order valence-electron chi connectivity index (χ3n) is 4.84. The number of hydrogen-bond donors (Lipinski definition) is 4.